The molecule has 3 rings (SSSR count). The van der Waals surface area contributed by atoms with E-state index in [0.29, 0.717) is 17.2 Å². The van der Waals surface area contributed by atoms with Crippen molar-refractivity contribution >= 4 is 38.3 Å². The number of fused-ring (bicyclic) bond motifs is 1. The maximum atomic E-state index is 12.7. The van der Waals surface area contributed by atoms with E-state index in [-0.39, 0.29) is 11.6 Å². The van der Waals surface area contributed by atoms with Crippen LogP contribution >= 0.6 is 11.3 Å². The molecular weight excluding hydrogens is 314 g/mol. The highest BCUT2D eigenvalue weighted by Gasteiger charge is 2.20. The molecule has 0 saturated carbocycles. The van der Waals surface area contributed by atoms with Gasteiger partial charge in [-0.15, -0.1) is 0 Å². The van der Waals surface area contributed by atoms with E-state index >= 15 is 0 Å². The molecule has 1 aromatic heterocycles. The first-order chi connectivity index (χ1) is 11.1. The maximum absolute atomic E-state index is 12.7. The summed E-state index contributed by atoms with van der Waals surface area (Å²) >= 11 is 1.45. The zero-order chi connectivity index (χ0) is 16.4. The Morgan fingerprint density at radius 2 is 1.91 bits per heavy atom. The number of hydrogen-bond acceptors (Lipinski definition) is 5. The third-order valence-electron chi connectivity index (χ3n) is 3.40. The largest absolute Gasteiger partial charge is 0.284 e. The smallest absolute Gasteiger partial charge is 0.269 e. The lowest BCUT2D eigenvalue weighted by molar-refractivity contribution is -0.384. The zero-order valence-electron chi connectivity index (χ0n) is 12.3. The Bertz CT molecular complexity index is 841. The summed E-state index contributed by atoms with van der Waals surface area (Å²) in [6.07, 6.45) is 0. The molecule has 0 unspecified atom stereocenters. The molecule has 0 aliphatic heterocycles. The lowest BCUT2D eigenvalue weighted by Gasteiger charge is -2.17. The highest BCUT2D eigenvalue weighted by molar-refractivity contribution is 7.22. The molecule has 0 aliphatic rings. The molecule has 3 aromatic rings. The van der Waals surface area contributed by atoms with Crippen LogP contribution in [0.25, 0.3) is 10.2 Å². The summed E-state index contributed by atoms with van der Waals surface area (Å²) < 4.78 is 1.01. The molecule has 2 aromatic carbocycles. The van der Waals surface area contributed by atoms with Crippen molar-refractivity contribution in [2.75, 3.05) is 11.4 Å². The summed E-state index contributed by atoms with van der Waals surface area (Å²) in [6.45, 7) is 2.34. The SMILES string of the molecule is CCN(C(=O)c1ccc([N+](=O)[O-])cc1)c1nc2ccccc2s1. The van der Waals surface area contributed by atoms with Gasteiger partial charge in [-0.25, -0.2) is 4.98 Å². The number of rotatable bonds is 4. The second kappa shape index (κ2) is 6.13. The predicted octanol–water partition coefficient (Wildman–Crippen LogP) is 3.87. The van der Waals surface area contributed by atoms with E-state index in [1.54, 1.807) is 4.90 Å². The standard InChI is InChI=1S/C16H13N3O3S/c1-2-18(16-17-13-5-3-4-6-14(13)23-16)15(20)11-7-9-12(10-8-11)19(21)22/h3-10H,2H2,1H3. The van der Waals surface area contributed by atoms with Crippen molar-refractivity contribution in [1.29, 1.82) is 0 Å². The zero-order valence-corrected chi connectivity index (χ0v) is 13.1. The van der Waals surface area contributed by atoms with Crippen LogP contribution in [0.2, 0.25) is 0 Å². The van der Waals surface area contributed by atoms with Gasteiger partial charge in [-0.3, -0.25) is 19.8 Å². The van der Waals surface area contributed by atoms with Gasteiger partial charge in [-0.1, -0.05) is 23.5 Å². The minimum atomic E-state index is -0.487. The molecule has 6 nitrogen and oxygen atoms in total. The molecular formula is C16H13N3O3S. The highest BCUT2D eigenvalue weighted by atomic mass is 32.1. The second-order valence-corrected chi connectivity index (χ2v) is 5.83. The van der Waals surface area contributed by atoms with Gasteiger partial charge in [0.05, 0.1) is 15.1 Å². The van der Waals surface area contributed by atoms with Crippen LogP contribution in [0.5, 0.6) is 0 Å². The first kappa shape index (κ1) is 15.1. The van der Waals surface area contributed by atoms with Gasteiger partial charge in [-0.2, -0.15) is 0 Å². The summed E-state index contributed by atoms with van der Waals surface area (Å²) in [7, 11) is 0. The Hall–Kier alpha value is -2.80. The second-order valence-electron chi connectivity index (χ2n) is 4.82. The fourth-order valence-corrected chi connectivity index (χ4v) is 3.25. The molecule has 0 radical (unpaired) electrons. The van der Waals surface area contributed by atoms with E-state index in [4.69, 9.17) is 0 Å². The number of amides is 1. The number of anilines is 1. The van der Waals surface area contributed by atoms with Crippen molar-refractivity contribution in [2.24, 2.45) is 0 Å². The Morgan fingerprint density at radius 3 is 2.52 bits per heavy atom. The minimum Gasteiger partial charge on any atom is -0.284 e. The lowest BCUT2D eigenvalue weighted by Crippen LogP contribution is -2.30. The maximum Gasteiger partial charge on any atom is 0.269 e. The third kappa shape index (κ3) is 2.91. The van der Waals surface area contributed by atoms with E-state index in [9.17, 15) is 14.9 Å². The Balaban J connectivity index is 1.93. The van der Waals surface area contributed by atoms with Crippen LogP contribution in [-0.4, -0.2) is 22.4 Å². The number of non-ortho nitro benzene ring substituents is 1. The highest BCUT2D eigenvalue weighted by Crippen LogP contribution is 2.29. The molecule has 1 amide bonds. The number of carbonyl (C=O) groups excluding carboxylic acids is 1. The average Bonchev–Trinajstić information content (AvgIpc) is 2.99. The molecule has 0 N–H and O–H groups in total. The van der Waals surface area contributed by atoms with Crippen molar-refractivity contribution in [2.45, 2.75) is 6.92 Å². The molecule has 0 aliphatic carbocycles. The van der Waals surface area contributed by atoms with Crippen LogP contribution in [0.3, 0.4) is 0 Å². The number of para-hydroxylation sites is 1. The van der Waals surface area contributed by atoms with E-state index in [1.807, 2.05) is 31.2 Å². The van der Waals surface area contributed by atoms with Crippen molar-refractivity contribution in [3.8, 4) is 0 Å². The number of nitro benzene ring substituents is 1. The molecule has 23 heavy (non-hydrogen) atoms. The fraction of sp³-hybridized carbons (Fsp3) is 0.125. The fourth-order valence-electron chi connectivity index (χ4n) is 2.22. The van der Waals surface area contributed by atoms with Crippen LogP contribution in [0, 0.1) is 10.1 Å². The molecule has 0 spiro atoms. The topological polar surface area (TPSA) is 76.3 Å². The number of nitrogens with zero attached hydrogens (tertiary/aromatic N) is 3. The van der Waals surface area contributed by atoms with Gasteiger partial charge in [0.15, 0.2) is 5.13 Å². The molecule has 0 saturated heterocycles. The number of thiazole rings is 1. The number of aromatic nitrogens is 1. The summed E-state index contributed by atoms with van der Waals surface area (Å²) in [5.74, 6) is -0.221. The Morgan fingerprint density at radius 1 is 1.22 bits per heavy atom. The van der Waals surface area contributed by atoms with Gasteiger partial charge >= 0.3 is 0 Å². The van der Waals surface area contributed by atoms with Crippen molar-refractivity contribution < 1.29 is 9.72 Å². The monoisotopic (exact) mass is 327 g/mol. The predicted molar refractivity (Wildman–Crippen MR) is 90.1 cm³/mol. The number of benzene rings is 2. The first-order valence-corrected chi connectivity index (χ1v) is 7.83. The normalized spacial score (nSPS) is 10.7. The first-order valence-electron chi connectivity index (χ1n) is 7.02. The van der Waals surface area contributed by atoms with Gasteiger partial charge in [0.25, 0.3) is 11.6 Å². The third-order valence-corrected chi connectivity index (χ3v) is 4.46. The lowest BCUT2D eigenvalue weighted by atomic mass is 10.2. The van der Waals surface area contributed by atoms with E-state index in [2.05, 4.69) is 4.98 Å². The van der Waals surface area contributed by atoms with Gasteiger partial charge in [0.1, 0.15) is 0 Å². The molecule has 116 valence electrons. The van der Waals surface area contributed by atoms with E-state index in [0.717, 1.165) is 10.2 Å². The molecule has 1 heterocycles. The van der Waals surface area contributed by atoms with Gasteiger partial charge in [-0.05, 0) is 31.2 Å². The molecule has 0 bridgehead atoms. The number of nitro groups is 1. The molecule has 7 heteroatoms. The van der Waals surface area contributed by atoms with Crippen LogP contribution in [-0.2, 0) is 0 Å². The van der Waals surface area contributed by atoms with E-state index in [1.165, 1.54) is 35.6 Å². The van der Waals surface area contributed by atoms with Crippen molar-refractivity contribution in [3.63, 3.8) is 0 Å². The summed E-state index contributed by atoms with van der Waals surface area (Å²) in [4.78, 5) is 28.9. The van der Waals surface area contributed by atoms with E-state index < -0.39 is 4.92 Å². The van der Waals surface area contributed by atoms with Gasteiger partial charge < -0.3 is 0 Å². The summed E-state index contributed by atoms with van der Waals surface area (Å²) in [5, 5.41) is 11.3. The Labute approximate surface area is 136 Å². The average molecular weight is 327 g/mol. The van der Waals surface area contributed by atoms with Crippen LogP contribution in [0.4, 0.5) is 10.8 Å². The van der Waals surface area contributed by atoms with Crippen LogP contribution in [0.15, 0.2) is 48.5 Å². The number of carbonyl (C=O) groups is 1. The van der Waals surface area contributed by atoms with Gasteiger partial charge in [0.2, 0.25) is 0 Å². The quantitative estimate of drug-likeness (QED) is 0.538. The summed E-state index contributed by atoms with van der Waals surface area (Å²) in [6, 6.07) is 13.3. The van der Waals surface area contributed by atoms with Crippen molar-refractivity contribution in [3.05, 3.63) is 64.2 Å². The van der Waals surface area contributed by atoms with Crippen molar-refractivity contribution in [1.82, 2.24) is 4.98 Å². The summed E-state index contributed by atoms with van der Waals surface area (Å²) in [5.41, 5.74) is 1.21. The molecule has 0 fully saturated rings. The van der Waals surface area contributed by atoms with Crippen LogP contribution in [0.1, 0.15) is 17.3 Å². The minimum absolute atomic E-state index is 0.0374. The Kier molecular flexibility index (Phi) is 4.03. The van der Waals surface area contributed by atoms with Crippen LogP contribution < -0.4 is 4.90 Å². The number of hydrogen-bond donors (Lipinski definition) is 0. The molecule has 0 atom stereocenters. The van der Waals surface area contributed by atoms with Gasteiger partial charge in [0, 0.05) is 24.2 Å².